The largest absolute Gasteiger partial charge is 0.497 e. The van der Waals surface area contributed by atoms with Gasteiger partial charge in [-0.05, 0) is 30.3 Å². The molecule has 1 fully saturated rings. The average molecular weight is 577 g/mol. The third kappa shape index (κ3) is 6.96. The predicted octanol–water partition coefficient (Wildman–Crippen LogP) is 3.47. The van der Waals surface area contributed by atoms with Crippen LogP contribution in [-0.4, -0.2) is 88.7 Å². The van der Waals surface area contributed by atoms with E-state index in [0.29, 0.717) is 17.0 Å². The van der Waals surface area contributed by atoms with E-state index in [0.717, 1.165) is 44.8 Å². The molecule has 0 spiro atoms. The standard InChI is InChI=1S/C17H13FN2O4.C13H20N4O/c1-23-9-7-12(14(18)13(8-9)24-2)10-3-4-11(17(21)22)16-15(10)19-5-6-20-16;1-2-16-5-7-17(8-6-16)10-11-3-4-12(13(14)18)15-9-11/h3-8H,1-2H3,(H,21,22);3-4,9H,2,5-8,10H2,1H3,(H2,14,18). The monoisotopic (exact) mass is 576 g/mol. The van der Waals surface area contributed by atoms with Crippen molar-refractivity contribution in [2.75, 3.05) is 46.9 Å². The summed E-state index contributed by atoms with van der Waals surface area (Å²) < 4.78 is 24.9. The molecule has 1 amide bonds. The van der Waals surface area contributed by atoms with Gasteiger partial charge in [0, 0.05) is 68.5 Å². The van der Waals surface area contributed by atoms with E-state index >= 15 is 0 Å². The van der Waals surface area contributed by atoms with Crippen molar-refractivity contribution in [3.63, 3.8) is 0 Å². The number of aromatic carboxylic acids is 1. The van der Waals surface area contributed by atoms with Crippen LogP contribution in [0.4, 0.5) is 4.39 Å². The highest BCUT2D eigenvalue weighted by Gasteiger charge is 2.20. The topological polar surface area (TPSA) is 144 Å². The lowest BCUT2D eigenvalue weighted by molar-refractivity contribution is 0.0698. The molecule has 3 N–H and O–H groups in total. The predicted molar refractivity (Wildman–Crippen MR) is 155 cm³/mol. The van der Waals surface area contributed by atoms with Crippen LogP contribution in [0.5, 0.6) is 11.5 Å². The molecule has 0 unspecified atom stereocenters. The van der Waals surface area contributed by atoms with Gasteiger partial charge in [0.25, 0.3) is 5.91 Å². The zero-order valence-corrected chi connectivity index (χ0v) is 23.7. The van der Waals surface area contributed by atoms with Crippen LogP contribution in [0.3, 0.4) is 0 Å². The van der Waals surface area contributed by atoms with Crippen molar-refractivity contribution in [3.05, 3.63) is 77.6 Å². The minimum atomic E-state index is -1.13. The summed E-state index contributed by atoms with van der Waals surface area (Å²) in [6.07, 6.45) is 4.56. The molecule has 11 nitrogen and oxygen atoms in total. The van der Waals surface area contributed by atoms with Gasteiger partial charge < -0.3 is 25.2 Å². The second kappa shape index (κ2) is 13.8. The molecule has 0 saturated carbocycles. The number of ether oxygens (including phenoxy) is 2. The van der Waals surface area contributed by atoms with E-state index in [4.69, 9.17) is 15.2 Å². The van der Waals surface area contributed by atoms with E-state index in [-0.39, 0.29) is 27.9 Å². The molecule has 42 heavy (non-hydrogen) atoms. The number of pyridine rings is 1. The molecule has 5 rings (SSSR count). The van der Waals surface area contributed by atoms with Crippen LogP contribution in [0.25, 0.3) is 22.2 Å². The smallest absolute Gasteiger partial charge is 0.337 e. The number of carbonyl (C=O) groups excluding carboxylic acids is 1. The van der Waals surface area contributed by atoms with Crippen molar-refractivity contribution < 1.29 is 28.6 Å². The SMILES string of the molecule is CCN1CCN(Cc2ccc(C(N)=O)nc2)CC1.COc1cc(OC)c(F)c(-c2ccc(C(=O)O)c3nccnc23)c1. The van der Waals surface area contributed by atoms with Crippen molar-refractivity contribution in [2.24, 2.45) is 5.73 Å². The van der Waals surface area contributed by atoms with Crippen molar-refractivity contribution in [2.45, 2.75) is 13.5 Å². The summed E-state index contributed by atoms with van der Waals surface area (Å²) in [5.41, 5.74) is 7.67. The first kappa shape index (κ1) is 30.3. The molecule has 2 aromatic carbocycles. The van der Waals surface area contributed by atoms with Crippen LogP contribution < -0.4 is 15.2 Å². The molecule has 2 aromatic heterocycles. The summed E-state index contributed by atoms with van der Waals surface area (Å²) in [5.74, 6) is -1.77. The first-order valence-electron chi connectivity index (χ1n) is 13.3. The summed E-state index contributed by atoms with van der Waals surface area (Å²) in [6.45, 7) is 8.65. The quantitative estimate of drug-likeness (QED) is 0.320. The molecule has 0 radical (unpaired) electrons. The summed E-state index contributed by atoms with van der Waals surface area (Å²) in [5, 5.41) is 9.28. The normalized spacial score (nSPS) is 13.7. The lowest BCUT2D eigenvalue weighted by Crippen LogP contribution is -2.45. The molecule has 12 heteroatoms. The fraction of sp³-hybridized carbons (Fsp3) is 0.300. The molecule has 0 atom stereocenters. The summed E-state index contributed by atoms with van der Waals surface area (Å²) in [7, 11) is 2.81. The number of nitrogens with zero attached hydrogens (tertiary/aromatic N) is 5. The minimum absolute atomic E-state index is 0.00267. The number of carboxylic acid groups (broad SMARTS) is 1. The van der Waals surface area contributed by atoms with Gasteiger partial charge in [-0.3, -0.25) is 24.6 Å². The Labute approximate surface area is 242 Å². The van der Waals surface area contributed by atoms with Gasteiger partial charge >= 0.3 is 5.97 Å². The molecule has 1 saturated heterocycles. The fourth-order valence-corrected chi connectivity index (χ4v) is 4.67. The van der Waals surface area contributed by atoms with Crippen molar-refractivity contribution in [1.29, 1.82) is 0 Å². The lowest BCUT2D eigenvalue weighted by atomic mass is 10.00. The van der Waals surface area contributed by atoms with Gasteiger partial charge in [-0.2, -0.15) is 0 Å². The van der Waals surface area contributed by atoms with Crippen LogP contribution in [0.15, 0.2) is 55.0 Å². The highest BCUT2D eigenvalue weighted by atomic mass is 19.1. The Hall–Kier alpha value is -4.68. The number of halogens is 1. The van der Waals surface area contributed by atoms with E-state index in [1.165, 1.54) is 50.9 Å². The number of amides is 1. The summed E-state index contributed by atoms with van der Waals surface area (Å²) in [4.78, 5) is 39.4. The third-order valence-corrected chi connectivity index (χ3v) is 7.01. The third-order valence-electron chi connectivity index (χ3n) is 7.01. The summed E-state index contributed by atoms with van der Waals surface area (Å²) >= 11 is 0. The number of likely N-dealkylation sites (N-methyl/N-ethyl adjacent to an activating group) is 1. The highest BCUT2D eigenvalue weighted by Crippen LogP contribution is 2.37. The van der Waals surface area contributed by atoms with Crippen LogP contribution in [0.2, 0.25) is 0 Å². The Bertz CT molecular complexity index is 1560. The number of hydrogen-bond acceptors (Lipinski definition) is 9. The number of methoxy groups -OCH3 is 2. The van der Waals surface area contributed by atoms with Crippen LogP contribution >= 0.6 is 0 Å². The molecule has 3 heterocycles. The van der Waals surface area contributed by atoms with Gasteiger partial charge in [0.15, 0.2) is 11.6 Å². The molecule has 4 aromatic rings. The molecule has 0 bridgehead atoms. The maximum atomic E-state index is 14.7. The number of benzene rings is 2. The Morgan fingerprint density at radius 3 is 2.19 bits per heavy atom. The first-order chi connectivity index (χ1) is 20.2. The van der Waals surface area contributed by atoms with E-state index in [2.05, 4.69) is 31.7 Å². The highest BCUT2D eigenvalue weighted by molar-refractivity contribution is 6.05. The second-order valence-corrected chi connectivity index (χ2v) is 9.54. The Morgan fingerprint density at radius 1 is 0.929 bits per heavy atom. The fourth-order valence-electron chi connectivity index (χ4n) is 4.67. The lowest BCUT2D eigenvalue weighted by Gasteiger charge is -2.33. The van der Waals surface area contributed by atoms with Crippen molar-refractivity contribution in [3.8, 4) is 22.6 Å². The van der Waals surface area contributed by atoms with Crippen molar-refractivity contribution >= 4 is 22.9 Å². The maximum Gasteiger partial charge on any atom is 0.337 e. The number of carbonyl (C=O) groups is 2. The van der Waals surface area contributed by atoms with E-state index in [9.17, 15) is 19.1 Å². The molecule has 0 aliphatic carbocycles. The molecule has 220 valence electrons. The van der Waals surface area contributed by atoms with Gasteiger partial charge in [-0.25, -0.2) is 9.18 Å². The summed E-state index contributed by atoms with van der Waals surface area (Å²) in [6, 6.07) is 9.43. The number of carboxylic acids is 1. The van der Waals surface area contributed by atoms with Crippen LogP contribution in [-0.2, 0) is 6.54 Å². The number of rotatable bonds is 8. The van der Waals surface area contributed by atoms with Crippen molar-refractivity contribution in [1.82, 2.24) is 24.8 Å². The number of fused-ring (bicyclic) bond motifs is 1. The maximum absolute atomic E-state index is 14.7. The Kier molecular flexibility index (Phi) is 9.94. The van der Waals surface area contributed by atoms with Gasteiger partial charge in [-0.1, -0.05) is 19.1 Å². The molecular weight excluding hydrogens is 543 g/mol. The van der Waals surface area contributed by atoms with Gasteiger partial charge in [0.1, 0.15) is 17.0 Å². The number of hydrogen-bond donors (Lipinski definition) is 2. The first-order valence-corrected chi connectivity index (χ1v) is 13.3. The second-order valence-electron chi connectivity index (χ2n) is 9.54. The minimum Gasteiger partial charge on any atom is -0.497 e. The number of aromatic nitrogens is 3. The van der Waals surface area contributed by atoms with Gasteiger partial charge in [0.05, 0.1) is 25.3 Å². The Morgan fingerprint density at radius 2 is 1.62 bits per heavy atom. The molecular formula is C30H33FN6O5. The number of piperazine rings is 1. The Balaban J connectivity index is 0.000000201. The average Bonchev–Trinajstić information content (AvgIpc) is 3.01. The van der Waals surface area contributed by atoms with E-state index < -0.39 is 17.7 Å². The van der Waals surface area contributed by atoms with E-state index in [1.807, 2.05) is 6.07 Å². The van der Waals surface area contributed by atoms with E-state index in [1.54, 1.807) is 12.3 Å². The number of nitrogens with two attached hydrogens (primary N) is 1. The van der Waals surface area contributed by atoms with Gasteiger partial charge in [-0.15, -0.1) is 0 Å². The zero-order chi connectivity index (χ0) is 30.2. The van der Waals surface area contributed by atoms with Gasteiger partial charge in [0.2, 0.25) is 0 Å². The molecule has 1 aliphatic heterocycles. The van der Waals surface area contributed by atoms with Crippen LogP contribution in [0.1, 0.15) is 33.3 Å². The van der Waals surface area contributed by atoms with Crippen LogP contribution in [0, 0.1) is 5.82 Å². The number of primary amides is 1. The molecule has 1 aliphatic rings. The zero-order valence-electron chi connectivity index (χ0n) is 23.7.